The van der Waals surface area contributed by atoms with Crippen LogP contribution in [-0.4, -0.2) is 26.6 Å². The van der Waals surface area contributed by atoms with Crippen molar-refractivity contribution in [3.05, 3.63) is 48.0 Å². The molecule has 0 saturated carbocycles. The van der Waals surface area contributed by atoms with Crippen molar-refractivity contribution in [2.45, 2.75) is 0 Å². The maximum absolute atomic E-state index is 10.6. The summed E-state index contributed by atoms with van der Waals surface area (Å²) in [6.45, 7) is 0.748. The maximum atomic E-state index is 10.6. The number of benzene rings is 2. The quantitative estimate of drug-likeness (QED) is 0.481. The minimum Gasteiger partial charge on any atom is -0.497 e. The molecule has 110 valence electrons. The molecule has 0 aliphatic heterocycles. The molecule has 0 spiro atoms. The van der Waals surface area contributed by atoms with E-state index in [1.54, 1.807) is 25.3 Å². The molecule has 0 amide bonds. The van der Waals surface area contributed by atoms with Gasteiger partial charge in [0.25, 0.3) is 0 Å². The first-order valence-electron chi connectivity index (χ1n) is 6.47. The molecule has 5 nitrogen and oxygen atoms in total. The highest BCUT2D eigenvalue weighted by Gasteiger charge is 2.02. The summed E-state index contributed by atoms with van der Waals surface area (Å²) in [5.74, 6) is 2.06. The van der Waals surface area contributed by atoms with Crippen molar-refractivity contribution in [1.29, 1.82) is 0 Å². The number of rotatable bonds is 7. The molecule has 0 aliphatic rings. The Labute approximate surface area is 123 Å². The van der Waals surface area contributed by atoms with Crippen LogP contribution in [0.4, 0.5) is 5.69 Å². The normalized spacial score (nSPS) is 9.95. The van der Waals surface area contributed by atoms with E-state index in [1.165, 1.54) is 0 Å². The van der Waals surface area contributed by atoms with Gasteiger partial charge in [0.15, 0.2) is 0 Å². The Morgan fingerprint density at radius 2 is 1.67 bits per heavy atom. The molecule has 0 bridgehead atoms. The number of nitrogens with two attached hydrogens (primary N) is 1. The number of aldehydes is 1. The van der Waals surface area contributed by atoms with Gasteiger partial charge in [-0.05, 0) is 42.5 Å². The molecule has 0 radical (unpaired) electrons. The Balaban J connectivity index is 1.80. The first kappa shape index (κ1) is 14.7. The minimum absolute atomic E-state index is 0.358. The van der Waals surface area contributed by atoms with E-state index in [0.717, 1.165) is 17.8 Å². The number of carbonyl (C=O) groups is 1. The van der Waals surface area contributed by atoms with E-state index >= 15 is 0 Å². The molecule has 21 heavy (non-hydrogen) atoms. The van der Waals surface area contributed by atoms with Gasteiger partial charge in [-0.25, -0.2) is 0 Å². The van der Waals surface area contributed by atoms with Gasteiger partial charge in [-0.15, -0.1) is 0 Å². The summed E-state index contributed by atoms with van der Waals surface area (Å²) < 4.78 is 16.1. The SMILES string of the molecule is COc1ccc(OCCOc2ccc(C=O)cc2N)cc1. The second kappa shape index (κ2) is 7.19. The lowest BCUT2D eigenvalue weighted by Crippen LogP contribution is -2.10. The molecule has 0 saturated heterocycles. The van der Waals surface area contributed by atoms with Crippen LogP contribution in [0.1, 0.15) is 10.4 Å². The van der Waals surface area contributed by atoms with Gasteiger partial charge in [0.1, 0.15) is 36.7 Å². The first-order chi connectivity index (χ1) is 10.2. The van der Waals surface area contributed by atoms with E-state index < -0.39 is 0 Å². The molecular formula is C16H17NO4. The molecule has 2 N–H and O–H groups in total. The van der Waals surface area contributed by atoms with Crippen LogP contribution in [0.2, 0.25) is 0 Å². The molecule has 0 atom stereocenters. The summed E-state index contributed by atoms with van der Waals surface area (Å²) in [4.78, 5) is 10.6. The lowest BCUT2D eigenvalue weighted by atomic mass is 10.2. The van der Waals surface area contributed by atoms with Crippen molar-refractivity contribution in [3.63, 3.8) is 0 Å². The fourth-order valence-corrected chi connectivity index (χ4v) is 1.75. The highest BCUT2D eigenvalue weighted by Crippen LogP contribution is 2.22. The fraction of sp³-hybridized carbons (Fsp3) is 0.188. The molecule has 5 heteroatoms. The van der Waals surface area contributed by atoms with Gasteiger partial charge < -0.3 is 19.9 Å². The summed E-state index contributed by atoms with van der Waals surface area (Å²) in [5, 5.41) is 0. The van der Waals surface area contributed by atoms with Crippen molar-refractivity contribution in [1.82, 2.24) is 0 Å². The molecule has 2 rings (SSSR count). The molecule has 0 aromatic heterocycles. The van der Waals surface area contributed by atoms with Gasteiger partial charge in [-0.3, -0.25) is 4.79 Å². The van der Waals surface area contributed by atoms with E-state index in [0.29, 0.717) is 30.2 Å². The number of hydrogen-bond donors (Lipinski definition) is 1. The Hall–Kier alpha value is -2.69. The van der Waals surface area contributed by atoms with Gasteiger partial charge in [0.2, 0.25) is 0 Å². The van der Waals surface area contributed by atoms with Crippen LogP contribution in [0.25, 0.3) is 0 Å². The number of hydrogen-bond acceptors (Lipinski definition) is 5. The van der Waals surface area contributed by atoms with Crippen LogP contribution in [-0.2, 0) is 0 Å². The average Bonchev–Trinajstić information content (AvgIpc) is 2.53. The van der Waals surface area contributed by atoms with Crippen LogP contribution in [0.3, 0.4) is 0 Å². The van der Waals surface area contributed by atoms with E-state index in [9.17, 15) is 4.79 Å². The molecule has 0 heterocycles. The van der Waals surface area contributed by atoms with Gasteiger partial charge in [0, 0.05) is 5.56 Å². The number of methoxy groups -OCH3 is 1. The largest absolute Gasteiger partial charge is 0.497 e. The Kier molecular flexibility index (Phi) is 5.04. The lowest BCUT2D eigenvalue weighted by molar-refractivity contribution is 0.112. The van der Waals surface area contributed by atoms with E-state index in [1.807, 2.05) is 24.3 Å². The zero-order chi connectivity index (χ0) is 15.1. The van der Waals surface area contributed by atoms with Crippen molar-refractivity contribution >= 4 is 12.0 Å². The molecule has 0 aliphatic carbocycles. The van der Waals surface area contributed by atoms with E-state index in [-0.39, 0.29) is 0 Å². The topological polar surface area (TPSA) is 70.8 Å². The molecule has 0 fully saturated rings. The summed E-state index contributed by atoms with van der Waals surface area (Å²) in [5.41, 5.74) is 6.74. The minimum atomic E-state index is 0.358. The lowest BCUT2D eigenvalue weighted by Gasteiger charge is -2.10. The third kappa shape index (κ3) is 4.14. The van der Waals surface area contributed by atoms with Crippen LogP contribution < -0.4 is 19.9 Å². The van der Waals surface area contributed by atoms with Crippen molar-refractivity contribution in [2.75, 3.05) is 26.1 Å². The Morgan fingerprint density at radius 3 is 2.29 bits per heavy atom. The predicted molar refractivity (Wildman–Crippen MR) is 80.2 cm³/mol. The molecular weight excluding hydrogens is 270 g/mol. The first-order valence-corrected chi connectivity index (χ1v) is 6.47. The monoisotopic (exact) mass is 287 g/mol. The number of carbonyl (C=O) groups excluding carboxylic acids is 1. The van der Waals surface area contributed by atoms with Gasteiger partial charge in [0.05, 0.1) is 12.8 Å². The average molecular weight is 287 g/mol. The Bertz CT molecular complexity index is 596. The van der Waals surface area contributed by atoms with E-state index in [2.05, 4.69) is 0 Å². The molecule has 0 unspecified atom stereocenters. The van der Waals surface area contributed by atoms with Crippen LogP contribution in [0.15, 0.2) is 42.5 Å². The van der Waals surface area contributed by atoms with Crippen LogP contribution in [0.5, 0.6) is 17.2 Å². The van der Waals surface area contributed by atoms with Crippen molar-refractivity contribution in [2.24, 2.45) is 0 Å². The number of ether oxygens (including phenoxy) is 3. The van der Waals surface area contributed by atoms with E-state index in [4.69, 9.17) is 19.9 Å². The van der Waals surface area contributed by atoms with Crippen LogP contribution in [0, 0.1) is 0 Å². The summed E-state index contributed by atoms with van der Waals surface area (Å²) in [7, 11) is 1.62. The molecule has 2 aromatic rings. The predicted octanol–water partition coefficient (Wildman–Crippen LogP) is 2.55. The zero-order valence-corrected chi connectivity index (χ0v) is 11.7. The second-order valence-electron chi connectivity index (χ2n) is 4.29. The van der Waals surface area contributed by atoms with Crippen molar-refractivity contribution in [3.8, 4) is 17.2 Å². The Morgan fingerprint density at radius 1 is 1.00 bits per heavy atom. The summed E-state index contributed by atoms with van der Waals surface area (Å²) >= 11 is 0. The van der Waals surface area contributed by atoms with Gasteiger partial charge in [-0.2, -0.15) is 0 Å². The molecule has 2 aromatic carbocycles. The fourth-order valence-electron chi connectivity index (χ4n) is 1.75. The summed E-state index contributed by atoms with van der Waals surface area (Å²) in [6.07, 6.45) is 0.743. The van der Waals surface area contributed by atoms with Gasteiger partial charge >= 0.3 is 0 Å². The van der Waals surface area contributed by atoms with Crippen LogP contribution >= 0.6 is 0 Å². The highest BCUT2D eigenvalue weighted by molar-refractivity contribution is 5.78. The third-order valence-corrected chi connectivity index (χ3v) is 2.84. The number of anilines is 1. The standard InChI is InChI=1S/C16H17NO4/c1-19-13-3-5-14(6-4-13)20-8-9-21-16-7-2-12(11-18)10-15(16)17/h2-7,10-11H,8-9,17H2,1H3. The zero-order valence-electron chi connectivity index (χ0n) is 11.7. The van der Waals surface area contributed by atoms with Crippen molar-refractivity contribution < 1.29 is 19.0 Å². The number of nitrogen functional groups attached to an aromatic ring is 1. The summed E-state index contributed by atoms with van der Waals surface area (Å²) in [6, 6.07) is 12.2. The second-order valence-corrected chi connectivity index (χ2v) is 4.29. The maximum Gasteiger partial charge on any atom is 0.150 e. The van der Waals surface area contributed by atoms with Gasteiger partial charge in [-0.1, -0.05) is 0 Å². The smallest absolute Gasteiger partial charge is 0.150 e. The highest BCUT2D eigenvalue weighted by atomic mass is 16.5. The third-order valence-electron chi connectivity index (χ3n) is 2.84.